The van der Waals surface area contributed by atoms with Crippen molar-refractivity contribution in [2.45, 2.75) is 179 Å². The molecule has 8 amide bonds. The Labute approximate surface area is 664 Å². The molecule has 8 N–H and O–H groups in total. The van der Waals surface area contributed by atoms with E-state index in [1.165, 1.54) is 33.5 Å². The third kappa shape index (κ3) is 21.6. The number of hydrogen-bond acceptors (Lipinski definition) is 16. The lowest BCUT2D eigenvalue weighted by Gasteiger charge is -2.37. The van der Waals surface area contributed by atoms with Crippen molar-refractivity contribution in [3.63, 3.8) is 0 Å². The van der Waals surface area contributed by atoms with Crippen molar-refractivity contribution in [1.82, 2.24) is 71.2 Å². The van der Waals surface area contributed by atoms with Gasteiger partial charge in [0, 0.05) is 50.6 Å². The van der Waals surface area contributed by atoms with E-state index in [4.69, 9.17) is 24.2 Å². The van der Waals surface area contributed by atoms with Crippen LogP contribution >= 0.6 is 0 Å². The Morgan fingerprint density at radius 1 is 0.386 bits per heavy atom. The number of alkyl carbamates (subject to hydrolysis) is 1. The van der Waals surface area contributed by atoms with Gasteiger partial charge in [-0.2, -0.15) is 0 Å². The summed E-state index contributed by atoms with van der Waals surface area (Å²) in [7, 11) is 2.87. The average molecular weight is 1550 g/mol. The fraction of sp³-hybridized carbons (Fsp3) is 0.368. The summed E-state index contributed by atoms with van der Waals surface area (Å²) in [5.74, 6) is -9.21. The summed E-state index contributed by atoms with van der Waals surface area (Å²) in [6.45, 7) is 19.2. The van der Waals surface area contributed by atoms with Crippen LogP contribution in [0.15, 0.2) is 220 Å². The number of benzene rings is 6. The number of hydrogen-bond donors (Lipinski definition) is 8. The first-order valence-corrected chi connectivity index (χ1v) is 38.0. The summed E-state index contributed by atoms with van der Waals surface area (Å²) in [4.78, 5) is 158. The first-order valence-electron chi connectivity index (χ1n) is 38.0. The molecule has 0 fully saturated rings. The fourth-order valence-electron chi connectivity index (χ4n) is 13.6. The summed E-state index contributed by atoms with van der Waals surface area (Å²) in [6.07, 6.45) is 7.47. The van der Waals surface area contributed by atoms with Crippen LogP contribution in [0.3, 0.4) is 0 Å². The van der Waals surface area contributed by atoms with E-state index in [9.17, 15) is 38.4 Å². The van der Waals surface area contributed by atoms with Gasteiger partial charge in [-0.3, -0.25) is 38.4 Å². The lowest BCUT2D eigenvalue weighted by Crippen LogP contribution is -2.61. The van der Waals surface area contributed by atoms with Crippen molar-refractivity contribution < 1.29 is 62.2 Å². The van der Waals surface area contributed by atoms with Gasteiger partial charge in [-0.1, -0.05) is 210 Å². The molecule has 0 saturated heterocycles. The van der Waals surface area contributed by atoms with Crippen LogP contribution in [0.25, 0.3) is 0 Å². The molecule has 6 aromatic carbocycles. The predicted octanol–water partition coefficient (Wildman–Crippen LogP) is 8.06. The Bertz CT molecular complexity index is 4560. The van der Waals surface area contributed by atoms with E-state index >= 15 is 9.59 Å². The number of rotatable bonds is 34. The first kappa shape index (κ1) is 85.5. The number of esters is 2. The van der Waals surface area contributed by atoms with Crippen LogP contribution in [0, 0.1) is 11.8 Å². The van der Waals surface area contributed by atoms with E-state index in [1.54, 1.807) is 106 Å². The highest BCUT2D eigenvalue weighted by atomic mass is 16.6. The largest absolute Gasteiger partial charge is 0.467 e. The summed E-state index contributed by atoms with van der Waals surface area (Å²) in [5, 5.41) is 21.8. The van der Waals surface area contributed by atoms with Crippen LogP contribution < -0.4 is 42.5 Å². The number of imidazole rings is 3. The maximum absolute atomic E-state index is 15.4. The molecule has 600 valence electrons. The Morgan fingerprint density at radius 2 is 0.719 bits per heavy atom. The number of aromatic nitrogens is 6. The van der Waals surface area contributed by atoms with Crippen LogP contribution in [-0.2, 0) is 94.7 Å². The minimum absolute atomic E-state index is 0.139. The second-order valence-corrected chi connectivity index (χ2v) is 30.9. The average Bonchev–Trinajstić information content (AvgIpc) is 1.58. The molecule has 0 unspecified atom stereocenters. The molecule has 0 bridgehead atoms. The standard InChI is InChI=1S/C87H104N14O13/c1-55(2)73(80(108)95-69(77(105)92-58(6)82(110)112-14)46-66-51-101(54-90-66)87(62-39-27-18-28-40-62,63-41-29-19-30-42-63)64-43-31-20-32-44-64)97-75(103)57(5)91-76(104)68(45-65-50-100(53-89-65)86(59-33-21-15-22-34-59,60-35-23-16-24-36-60)61-37-25-17-26-38-61)94-81(109)74(56(3)4)98-79(107)71(48-72(102)113-84(7,8)9)93-78(106)70(47-67-49-88-52-99(67)13)96-83(111)114-85(10,11)12/h15-44,49-58,68-71,73-74H,45-48H2,1-14H3,(H,91,104)(H,92,105)(H,93,106)(H,94,109)(H,95,108)(H,96,111)(H,97,103)(H,98,107)/t57-,58+,68+,69+,70+,71+,73-,74-/m1/s1. The molecule has 0 aliphatic rings. The molecule has 27 nitrogen and oxygen atoms in total. The number of ether oxygens (including phenoxy) is 3. The van der Waals surface area contributed by atoms with Crippen molar-refractivity contribution in [3.05, 3.63) is 270 Å². The minimum Gasteiger partial charge on any atom is -0.467 e. The maximum Gasteiger partial charge on any atom is 0.408 e. The third-order valence-corrected chi connectivity index (χ3v) is 19.2. The number of carbonyl (C=O) groups is 10. The number of nitrogens with zero attached hydrogens (tertiary/aromatic N) is 6. The third-order valence-electron chi connectivity index (χ3n) is 19.2. The van der Waals surface area contributed by atoms with Gasteiger partial charge in [-0.15, -0.1) is 0 Å². The highest BCUT2D eigenvalue weighted by Gasteiger charge is 2.43. The van der Waals surface area contributed by atoms with Gasteiger partial charge >= 0.3 is 18.0 Å². The van der Waals surface area contributed by atoms with Crippen molar-refractivity contribution >= 4 is 59.4 Å². The van der Waals surface area contributed by atoms with Gasteiger partial charge in [-0.05, 0) is 101 Å². The molecule has 3 heterocycles. The van der Waals surface area contributed by atoms with Gasteiger partial charge in [0.05, 0.1) is 43.9 Å². The maximum atomic E-state index is 15.4. The highest BCUT2D eigenvalue weighted by molar-refractivity contribution is 5.99. The van der Waals surface area contributed by atoms with Gasteiger partial charge in [0.25, 0.3) is 0 Å². The second-order valence-electron chi connectivity index (χ2n) is 30.9. The van der Waals surface area contributed by atoms with Gasteiger partial charge in [0.2, 0.25) is 41.4 Å². The van der Waals surface area contributed by atoms with Crippen LogP contribution in [0.5, 0.6) is 0 Å². The number of aryl methyl sites for hydroxylation is 1. The quantitative estimate of drug-likeness (QED) is 0.0107. The van der Waals surface area contributed by atoms with Crippen molar-refractivity contribution in [2.75, 3.05) is 7.11 Å². The van der Waals surface area contributed by atoms with Gasteiger partial charge in [0.15, 0.2) is 0 Å². The van der Waals surface area contributed by atoms with Crippen molar-refractivity contribution in [2.24, 2.45) is 18.9 Å². The molecule has 0 radical (unpaired) electrons. The monoisotopic (exact) mass is 1550 g/mol. The summed E-state index contributed by atoms with van der Waals surface area (Å²) in [6, 6.07) is 47.3. The lowest BCUT2D eigenvalue weighted by atomic mass is 9.77. The summed E-state index contributed by atoms with van der Waals surface area (Å²) in [5.41, 5.74) is 2.36. The van der Waals surface area contributed by atoms with Gasteiger partial charge in [-0.25, -0.2) is 24.5 Å². The predicted molar refractivity (Wildman–Crippen MR) is 428 cm³/mol. The molecule has 0 aliphatic heterocycles. The Kier molecular flexibility index (Phi) is 28.6. The van der Waals surface area contributed by atoms with E-state index in [0.29, 0.717) is 11.4 Å². The molecule has 9 aromatic rings. The molecule has 27 heteroatoms. The van der Waals surface area contributed by atoms with E-state index in [1.807, 2.05) is 191 Å². The number of nitrogens with one attached hydrogen (secondary N) is 8. The zero-order chi connectivity index (χ0) is 82.7. The zero-order valence-corrected chi connectivity index (χ0v) is 66.9. The molecule has 8 atom stereocenters. The number of amides is 8. The molecule has 114 heavy (non-hydrogen) atoms. The molecule has 0 saturated carbocycles. The summed E-state index contributed by atoms with van der Waals surface area (Å²) < 4.78 is 21.6. The van der Waals surface area contributed by atoms with Crippen molar-refractivity contribution in [1.29, 1.82) is 0 Å². The molecular weight excluding hydrogens is 1450 g/mol. The smallest absolute Gasteiger partial charge is 0.408 e. The lowest BCUT2D eigenvalue weighted by molar-refractivity contribution is -0.156. The topological polar surface area (TPSA) is 348 Å². The molecular formula is C87H104N14O13. The van der Waals surface area contributed by atoms with E-state index in [2.05, 4.69) is 47.5 Å². The van der Waals surface area contributed by atoms with Crippen LogP contribution in [-0.4, -0.2) is 155 Å². The van der Waals surface area contributed by atoms with Crippen LogP contribution in [0.1, 0.15) is 140 Å². The number of carbonyl (C=O) groups excluding carboxylic acids is 10. The van der Waals surface area contributed by atoms with Crippen LogP contribution in [0.4, 0.5) is 4.79 Å². The summed E-state index contributed by atoms with van der Waals surface area (Å²) >= 11 is 0. The Hall–Kier alpha value is -12.5. The highest BCUT2D eigenvalue weighted by Crippen LogP contribution is 2.43. The van der Waals surface area contributed by atoms with E-state index in [-0.39, 0.29) is 25.0 Å². The zero-order valence-electron chi connectivity index (χ0n) is 66.9. The van der Waals surface area contributed by atoms with E-state index in [0.717, 1.165) is 33.4 Å². The first-order chi connectivity index (χ1) is 54.2. The van der Waals surface area contributed by atoms with Crippen molar-refractivity contribution in [3.8, 4) is 0 Å². The molecule has 9 rings (SSSR count). The minimum atomic E-state index is -1.73. The van der Waals surface area contributed by atoms with Crippen LogP contribution in [0.2, 0.25) is 0 Å². The Morgan fingerprint density at radius 3 is 1.06 bits per heavy atom. The molecule has 3 aromatic heterocycles. The number of methoxy groups -OCH3 is 1. The van der Waals surface area contributed by atoms with Gasteiger partial charge in [0.1, 0.15) is 70.6 Å². The van der Waals surface area contributed by atoms with E-state index < -0.39 is 148 Å². The fourth-order valence-corrected chi connectivity index (χ4v) is 13.6. The molecule has 0 spiro atoms. The SMILES string of the molecule is COC(=O)[C@H](C)NC(=O)[C@H](Cc1cn(C(c2ccccc2)(c2ccccc2)c2ccccc2)cn1)NC(=O)[C@H](NC(=O)[C@@H](C)NC(=O)[C@H](Cc1cn(C(c2ccccc2)(c2ccccc2)c2ccccc2)cn1)NC(=O)[C@H](NC(=O)[C@H](CC(=O)OC(C)(C)C)NC(=O)[C@H](Cc1cncn1C)NC(=O)OC(C)(C)C)C(C)C)C(C)C. The second kappa shape index (κ2) is 38.1. The van der Waals surface area contributed by atoms with Gasteiger partial charge < -0.3 is 70.4 Å². The Balaban J connectivity index is 1.02. The normalized spacial score (nSPS) is 13.9. The molecule has 0 aliphatic carbocycles.